The zero-order chi connectivity index (χ0) is 9.68. The Bertz CT molecular complexity index is 301. The van der Waals surface area contributed by atoms with Crippen molar-refractivity contribution in [2.75, 3.05) is 13.7 Å². The largest absolute Gasteiger partial charge is 0.384 e. The van der Waals surface area contributed by atoms with Crippen LogP contribution in [0.2, 0.25) is 0 Å². The Balaban J connectivity index is 2.87. The number of nitroso groups, excluding NO2 is 1. The molecule has 0 radical (unpaired) electrons. The molecule has 0 spiro atoms. The summed E-state index contributed by atoms with van der Waals surface area (Å²) in [5, 5.41) is 2.83. The molecule has 0 atom stereocenters. The average Bonchev–Trinajstić information content (AvgIpc) is 2.15. The highest BCUT2D eigenvalue weighted by molar-refractivity contribution is 5.39. The quantitative estimate of drug-likeness (QED) is 0.658. The molecule has 1 aromatic heterocycles. The second-order valence-corrected chi connectivity index (χ2v) is 2.58. The number of hydrogen-bond donors (Lipinski definition) is 0. The predicted molar refractivity (Wildman–Crippen MR) is 47.8 cm³/mol. The van der Waals surface area contributed by atoms with Crippen molar-refractivity contribution in [1.29, 1.82) is 0 Å². The zero-order valence-electron chi connectivity index (χ0n) is 7.65. The lowest BCUT2D eigenvalue weighted by atomic mass is 10.2. The van der Waals surface area contributed by atoms with Crippen molar-refractivity contribution in [1.82, 2.24) is 9.97 Å². The summed E-state index contributed by atoms with van der Waals surface area (Å²) in [4.78, 5) is 18.3. The van der Waals surface area contributed by atoms with Crippen LogP contribution in [0.3, 0.4) is 0 Å². The number of methoxy groups -OCH3 is 1. The van der Waals surface area contributed by atoms with Gasteiger partial charge in [0.2, 0.25) is 0 Å². The molecule has 13 heavy (non-hydrogen) atoms. The Hall–Kier alpha value is -1.36. The molecule has 5 heteroatoms. The standard InChI is InChI=1S/C8H11N3O2/c1-6-9-5-8(11-12)7(10-6)3-4-13-2/h5H,3-4H2,1-2H3. The summed E-state index contributed by atoms with van der Waals surface area (Å²) in [6, 6.07) is 0. The molecule has 1 aromatic rings. The van der Waals surface area contributed by atoms with E-state index in [4.69, 9.17) is 4.74 Å². The van der Waals surface area contributed by atoms with Crippen molar-refractivity contribution in [3.05, 3.63) is 22.6 Å². The van der Waals surface area contributed by atoms with Gasteiger partial charge in [-0.3, -0.25) is 0 Å². The van der Waals surface area contributed by atoms with E-state index >= 15 is 0 Å². The molecule has 0 unspecified atom stereocenters. The minimum absolute atomic E-state index is 0.294. The van der Waals surface area contributed by atoms with Gasteiger partial charge >= 0.3 is 0 Å². The predicted octanol–water partition coefficient (Wildman–Crippen LogP) is 1.37. The minimum Gasteiger partial charge on any atom is -0.384 e. The zero-order valence-corrected chi connectivity index (χ0v) is 7.65. The summed E-state index contributed by atoms with van der Waals surface area (Å²) < 4.78 is 4.88. The Morgan fingerprint density at radius 2 is 2.38 bits per heavy atom. The van der Waals surface area contributed by atoms with Crippen LogP contribution >= 0.6 is 0 Å². The third-order valence-corrected chi connectivity index (χ3v) is 1.61. The fourth-order valence-electron chi connectivity index (χ4n) is 0.969. The molecular weight excluding hydrogens is 170 g/mol. The first-order valence-electron chi connectivity index (χ1n) is 3.92. The van der Waals surface area contributed by atoms with Crippen molar-refractivity contribution < 1.29 is 4.74 Å². The summed E-state index contributed by atoms with van der Waals surface area (Å²) in [5.74, 6) is 0.638. The van der Waals surface area contributed by atoms with Crippen LogP contribution in [-0.2, 0) is 11.2 Å². The van der Waals surface area contributed by atoms with Gasteiger partial charge in [0.1, 0.15) is 11.5 Å². The van der Waals surface area contributed by atoms with Crippen LogP contribution in [0.1, 0.15) is 11.5 Å². The second-order valence-electron chi connectivity index (χ2n) is 2.58. The Kier molecular flexibility index (Phi) is 3.45. The number of nitrogens with zero attached hydrogens (tertiary/aromatic N) is 3. The summed E-state index contributed by atoms with van der Waals surface area (Å²) >= 11 is 0. The highest BCUT2D eigenvalue weighted by Crippen LogP contribution is 2.15. The highest BCUT2D eigenvalue weighted by Gasteiger charge is 2.05. The Morgan fingerprint density at radius 1 is 1.62 bits per heavy atom. The highest BCUT2D eigenvalue weighted by atomic mass is 16.5. The van der Waals surface area contributed by atoms with Gasteiger partial charge in [0.25, 0.3) is 0 Å². The van der Waals surface area contributed by atoms with Gasteiger partial charge in [-0.2, -0.15) is 0 Å². The van der Waals surface area contributed by atoms with Crippen LogP contribution in [0, 0.1) is 11.8 Å². The van der Waals surface area contributed by atoms with E-state index in [1.807, 2.05) is 0 Å². The van der Waals surface area contributed by atoms with Crippen LogP contribution in [0.15, 0.2) is 11.4 Å². The Morgan fingerprint density at radius 3 is 3.00 bits per heavy atom. The maximum Gasteiger partial charge on any atom is 0.147 e. The Labute approximate surface area is 76.1 Å². The van der Waals surface area contributed by atoms with Gasteiger partial charge in [0, 0.05) is 13.5 Å². The lowest BCUT2D eigenvalue weighted by molar-refractivity contribution is 0.201. The monoisotopic (exact) mass is 181 g/mol. The number of hydrogen-bond acceptors (Lipinski definition) is 5. The summed E-state index contributed by atoms with van der Waals surface area (Å²) in [5.41, 5.74) is 0.937. The third kappa shape index (κ3) is 2.55. The first-order valence-corrected chi connectivity index (χ1v) is 3.92. The molecule has 0 aromatic carbocycles. The fraction of sp³-hybridized carbons (Fsp3) is 0.500. The summed E-state index contributed by atoms with van der Waals surface area (Å²) in [6.07, 6.45) is 2.02. The van der Waals surface area contributed by atoms with E-state index in [2.05, 4.69) is 15.1 Å². The van der Waals surface area contributed by atoms with Crippen molar-refractivity contribution in [2.24, 2.45) is 5.18 Å². The van der Waals surface area contributed by atoms with E-state index in [9.17, 15) is 4.91 Å². The molecule has 0 saturated carbocycles. The molecule has 1 heterocycles. The number of rotatable bonds is 4. The summed E-state index contributed by atoms with van der Waals surface area (Å²) in [6.45, 7) is 2.30. The number of aromatic nitrogens is 2. The van der Waals surface area contributed by atoms with Gasteiger partial charge in [-0.05, 0) is 12.1 Å². The number of ether oxygens (including phenoxy) is 1. The molecule has 0 aliphatic rings. The van der Waals surface area contributed by atoms with Crippen LogP contribution in [-0.4, -0.2) is 23.7 Å². The van der Waals surface area contributed by atoms with Gasteiger partial charge in [-0.1, -0.05) is 0 Å². The first-order chi connectivity index (χ1) is 6.27. The number of aryl methyl sites for hydroxylation is 1. The van der Waals surface area contributed by atoms with E-state index in [1.54, 1.807) is 14.0 Å². The van der Waals surface area contributed by atoms with Crippen LogP contribution < -0.4 is 0 Å². The van der Waals surface area contributed by atoms with Gasteiger partial charge in [-0.25, -0.2) is 9.97 Å². The van der Waals surface area contributed by atoms with E-state index in [0.29, 0.717) is 30.2 Å². The lowest BCUT2D eigenvalue weighted by Crippen LogP contribution is -2.00. The van der Waals surface area contributed by atoms with Gasteiger partial charge < -0.3 is 4.74 Å². The summed E-state index contributed by atoms with van der Waals surface area (Å²) in [7, 11) is 1.60. The van der Waals surface area contributed by atoms with Crippen molar-refractivity contribution in [3.63, 3.8) is 0 Å². The molecule has 0 bridgehead atoms. The molecule has 0 aliphatic heterocycles. The minimum atomic E-state index is 0.294. The molecule has 5 nitrogen and oxygen atoms in total. The van der Waals surface area contributed by atoms with Crippen molar-refractivity contribution in [2.45, 2.75) is 13.3 Å². The molecular formula is C8H11N3O2. The molecule has 0 saturated heterocycles. The van der Waals surface area contributed by atoms with Gasteiger partial charge in [-0.15, -0.1) is 4.91 Å². The molecule has 70 valence electrons. The molecule has 0 amide bonds. The third-order valence-electron chi connectivity index (χ3n) is 1.61. The van der Waals surface area contributed by atoms with E-state index in [0.717, 1.165) is 0 Å². The first kappa shape index (κ1) is 9.73. The molecule has 1 rings (SSSR count). The van der Waals surface area contributed by atoms with E-state index in [1.165, 1.54) is 6.20 Å². The lowest BCUT2D eigenvalue weighted by Gasteiger charge is -2.01. The smallest absolute Gasteiger partial charge is 0.147 e. The van der Waals surface area contributed by atoms with Crippen LogP contribution in [0.4, 0.5) is 5.69 Å². The van der Waals surface area contributed by atoms with Gasteiger partial charge in [0.15, 0.2) is 0 Å². The topological polar surface area (TPSA) is 64.4 Å². The molecule has 0 fully saturated rings. The fourth-order valence-corrected chi connectivity index (χ4v) is 0.969. The molecule has 0 N–H and O–H groups in total. The maximum atomic E-state index is 10.3. The average molecular weight is 181 g/mol. The maximum absolute atomic E-state index is 10.3. The van der Waals surface area contributed by atoms with Crippen LogP contribution in [0.25, 0.3) is 0 Å². The second kappa shape index (κ2) is 4.61. The van der Waals surface area contributed by atoms with E-state index in [-0.39, 0.29) is 0 Å². The van der Waals surface area contributed by atoms with Crippen LogP contribution in [0.5, 0.6) is 0 Å². The van der Waals surface area contributed by atoms with Gasteiger partial charge in [0.05, 0.1) is 18.5 Å². The van der Waals surface area contributed by atoms with Crippen molar-refractivity contribution >= 4 is 5.69 Å². The van der Waals surface area contributed by atoms with E-state index < -0.39 is 0 Å². The normalized spacial score (nSPS) is 10.0. The van der Waals surface area contributed by atoms with Crippen molar-refractivity contribution in [3.8, 4) is 0 Å². The SMILES string of the molecule is COCCc1nc(C)ncc1N=O. The molecule has 0 aliphatic carbocycles.